The molecule has 8 nitrogen and oxygen atoms in total. The number of phenols is 1. The summed E-state index contributed by atoms with van der Waals surface area (Å²) in [6.45, 7) is 9.89. The van der Waals surface area contributed by atoms with Crippen molar-refractivity contribution in [2.75, 3.05) is 25.9 Å². The van der Waals surface area contributed by atoms with Gasteiger partial charge < -0.3 is 19.3 Å². The second-order valence-corrected chi connectivity index (χ2v) is 16.9. The Morgan fingerprint density at radius 2 is 1.47 bits per heavy atom. The largest absolute Gasteiger partial charge is 0.507 e. The van der Waals surface area contributed by atoms with Crippen LogP contribution >= 0.6 is 54.5 Å². The van der Waals surface area contributed by atoms with E-state index in [0.717, 1.165) is 64.8 Å². The Morgan fingerprint density at radius 1 is 0.849 bits per heavy atom. The number of phenolic OH excluding ortho intramolecular Hbond substituents is 1. The van der Waals surface area contributed by atoms with Crippen LogP contribution in [0.15, 0.2) is 75.7 Å². The minimum atomic E-state index is -0.547. The number of amides is 1. The van der Waals surface area contributed by atoms with Crippen molar-refractivity contribution in [3.63, 3.8) is 0 Å². The maximum absolute atomic E-state index is 12.5. The number of thiazole rings is 2. The Morgan fingerprint density at radius 3 is 2.08 bits per heavy atom. The first-order chi connectivity index (χ1) is 25.2. The average molecular weight is 880 g/mol. The van der Waals surface area contributed by atoms with E-state index in [9.17, 15) is 9.90 Å². The number of carbonyl (C=O) groups excluding carboxylic acids is 1. The summed E-state index contributed by atoms with van der Waals surface area (Å²) in [5, 5.41) is 11.4. The van der Waals surface area contributed by atoms with Crippen molar-refractivity contribution in [1.29, 1.82) is 0 Å². The van der Waals surface area contributed by atoms with Crippen molar-refractivity contribution in [1.82, 2.24) is 9.97 Å². The quantitative estimate of drug-likeness (QED) is 0.145. The molecule has 0 aliphatic heterocycles. The summed E-state index contributed by atoms with van der Waals surface area (Å²) >= 11 is 10.1. The molecule has 0 saturated heterocycles. The average Bonchev–Trinajstić information content (AvgIpc) is 3.72. The van der Waals surface area contributed by atoms with Gasteiger partial charge in [0.1, 0.15) is 27.1 Å². The van der Waals surface area contributed by atoms with Crippen molar-refractivity contribution in [2.24, 2.45) is 0 Å². The molecule has 0 radical (unpaired) electrons. The lowest BCUT2D eigenvalue weighted by Crippen LogP contribution is -2.34. The van der Waals surface area contributed by atoms with Crippen molar-refractivity contribution < 1.29 is 24.1 Å². The van der Waals surface area contributed by atoms with Crippen LogP contribution in [-0.4, -0.2) is 47.7 Å². The van der Waals surface area contributed by atoms with Crippen LogP contribution in [0.2, 0.25) is 0 Å². The van der Waals surface area contributed by atoms with Crippen molar-refractivity contribution in [3.8, 4) is 11.5 Å². The SMILES string of the molecule is CCc1ccc2nc(/C=C/c3ccc(O)c(Br)c3)sc2c1.COCOc1ccc(/C=C/c2nc3cc(C)c(N(C)C(=O)OC(C)(C)C)cc3s2)cc1Br. The summed E-state index contributed by atoms with van der Waals surface area (Å²) in [6.07, 6.45) is 8.66. The molecule has 0 aliphatic rings. The molecule has 0 fully saturated rings. The Kier molecular flexibility index (Phi) is 13.5. The van der Waals surface area contributed by atoms with Gasteiger partial charge in [0.25, 0.3) is 0 Å². The van der Waals surface area contributed by atoms with Crippen LogP contribution in [0, 0.1) is 6.92 Å². The Hall–Kier alpha value is -4.07. The fourth-order valence-electron chi connectivity index (χ4n) is 5.05. The maximum Gasteiger partial charge on any atom is 0.414 e. The molecule has 0 saturated carbocycles. The fourth-order valence-corrected chi connectivity index (χ4v) is 7.77. The van der Waals surface area contributed by atoms with Gasteiger partial charge in [0, 0.05) is 14.2 Å². The molecule has 276 valence electrons. The van der Waals surface area contributed by atoms with Gasteiger partial charge in [0.2, 0.25) is 0 Å². The number of rotatable bonds is 9. The highest BCUT2D eigenvalue weighted by atomic mass is 79.9. The first-order valence-corrected chi connectivity index (χ1v) is 20.0. The second-order valence-electron chi connectivity index (χ2n) is 13.0. The zero-order valence-corrected chi connectivity index (χ0v) is 35.4. The summed E-state index contributed by atoms with van der Waals surface area (Å²) in [7, 11) is 3.31. The highest BCUT2D eigenvalue weighted by molar-refractivity contribution is 9.11. The summed E-state index contributed by atoms with van der Waals surface area (Å²) in [5.74, 6) is 0.973. The maximum atomic E-state index is 12.5. The summed E-state index contributed by atoms with van der Waals surface area (Å²) < 4.78 is 19.7. The molecule has 0 unspecified atom stereocenters. The molecule has 0 bridgehead atoms. The summed E-state index contributed by atoms with van der Waals surface area (Å²) in [6, 6.07) is 21.7. The number of nitrogens with zero attached hydrogens (tertiary/aromatic N) is 3. The van der Waals surface area contributed by atoms with Gasteiger partial charge in [-0.2, -0.15) is 0 Å². The second kappa shape index (κ2) is 17.8. The lowest BCUT2D eigenvalue weighted by atomic mass is 10.1. The number of aromatic hydroxyl groups is 1. The van der Waals surface area contributed by atoms with Crippen molar-refractivity contribution >= 4 is 111 Å². The standard InChI is InChI=1S/C24H27BrN2O4S.C17H14BrNOS/c1-15-11-18-21(13-19(15)27(5)23(28)31-24(2,3)4)32-22(26-18)10-8-16-7-9-20(17(25)12-16)30-14-29-6;1-2-11-3-6-14-16(10-11)21-17(19-14)8-5-12-4-7-15(20)13(18)9-12/h7-13H,14H2,1-6H3;3-10,20H,2H2,1H3/b10-8+;8-5+. The number of hydrogen-bond donors (Lipinski definition) is 1. The molecule has 6 aromatic rings. The van der Waals surface area contributed by atoms with E-state index in [1.165, 1.54) is 10.3 Å². The summed E-state index contributed by atoms with van der Waals surface area (Å²) in [4.78, 5) is 23.4. The third kappa shape index (κ3) is 11.0. The lowest BCUT2D eigenvalue weighted by molar-refractivity contribution is 0.0505. The molecule has 12 heteroatoms. The number of aromatic nitrogens is 2. The molecule has 0 aliphatic carbocycles. The van der Waals surface area contributed by atoms with E-state index in [0.29, 0.717) is 4.47 Å². The molecule has 2 aromatic heterocycles. The smallest absolute Gasteiger partial charge is 0.414 e. The van der Waals surface area contributed by atoms with Gasteiger partial charge in [-0.15, -0.1) is 22.7 Å². The number of anilines is 1. The van der Waals surface area contributed by atoms with E-state index in [1.807, 2.05) is 94.5 Å². The molecular formula is C41H41Br2N3O5S2. The topological polar surface area (TPSA) is 94.0 Å². The van der Waals surface area contributed by atoms with Crippen molar-refractivity contribution in [3.05, 3.63) is 108 Å². The highest BCUT2D eigenvalue weighted by Crippen LogP contribution is 2.33. The van der Waals surface area contributed by atoms with Crippen LogP contribution in [0.1, 0.15) is 60.0 Å². The van der Waals surface area contributed by atoms with Gasteiger partial charge >= 0.3 is 6.09 Å². The predicted molar refractivity (Wildman–Crippen MR) is 228 cm³/mol. The minimum Gasteiger partial charge on any atom is -0.507 e. The number of halogens is 2. The van der Waals surface area contributed by atoms with Gasteiger partial charge in [-0.3, -0.25) is 4.90 Å². The Labute approximate surface area is 335 Å². The van der Waals surface area contributed by atoms with E-state index in [1.54, 1.807) is 47.8 Å². The molecular weight excluding hydrogens is 838 g/mol. The number of benzene rings is 4. The van der Waals surface area contributed by atoms with E-state index >= 15 is 0 Å². The van der Waals surface area contributed by atoms with Crippen LogP contribution in [0.4, 0.5) is 10.5 Å². The minimum absolute atomic E-state index is 0.198. The first-order valence-electron chi connectivity index (χ1n) is 16.8. The lowest BCUT2D eigenvalue weighted by Gasteiger charge is -2.25. The number of ether oxygens (including phenoxy) is 3. The van der Waals surface area contributed by atoms with Gasteiger partial charge in [0.05, 0.1) is 35.1 Å². The van der Waals surface area contributed by atoms with E-state index in [4.69, 9.17) is 19.2 Å². The predicted octanol–water partition coefficient (Wildman–Crippen LogP) is 12.4. The first kappa shape index (κ1) is 40.1. The molecule has 0 spiro atoms. The van der Waals surface area contributed by atoms with Crippen LogP contribution in [-0.2, 0) is 15.9 Å². The van der Waals surface area contributed by atoms with Gasteiger partial charge in [0.15, 0.2) is 6.79 Å². The van der Waals surface area contributed by atoms with Crippen LogP contribution in [0.25, 0.3) is 44.7 Å². The third-order valence-corrected chi connectivity index (χ3v) is 10.9. The van der Waals surface area contributed by atoms with E-state index < -0.39 is 5.60 Å². The number of hydrogen-bond acceptors (Lipinski definition) is 9. The van der Waals surface area contributed by atoms with Crippen molar-refractivity contribution in [2.45, 2.75) is 46.6 Å². The third-order valence-electron chi connectivity index (χ3n) is 7.73. The van der Waals surface area contributed by atoms with Gasteiger partial charge in [-0.25, -0.2) is 14.8 Å². The number of fused-ring (bicyclic) bond motifs is 2. The normalized spacial score (nSPS) is 11.7. The highest BCUT2D eigenvalue weighted by Gasteiger charge is 2.22. The number of methoxy groups -OCH3 is 1. The Balaban J connectivity index is 0.000000222. The monoisotopic (exact) mass is 877 g/mol. The van der Waals surface area contributed by atoms with E-state index in [-0.39, 0.29) is 18.6 Å². The molecule has 1 N–H and O–H groups in total. The number of aryl methyl sites for hydroxylation is 2. The molecule has 0 atom stereocenters. The zero-order chi connectivity index (χ0) is 38.3. The van der Waals surface area contributed by atoms with E-state index in [2.05, 4.69) is 62.0 Å². The van der Waals surface area contributed by atoms with Crippen LogP contribution in [0.5, 0.6) is 11.5 Å². The van der Waals surface area contributed by atoms with Gasteiger partial charge in [-0.1, -0.05) is 37.3 Å². The molecule has 1 amide bonds. The van der Waals surface area contributed by atoms with Crippen LogP contribution < -0.4 is 9.64 Å². The molecule has 4 aromatic carbocycles. The summed E-state index contributed by atoms with van der Waals surface area (Å²) in [5.41, 5.74) is 6.54. The van der Waals surface area contributed by atoms with Crippen LogP contribution in [0.3, 0.4) is 0 Å². The Bertz CT molecular complexity index is 2290. The zero-order valence-electron chi connectivity index (χ0n) is 30.6. The molecule has 2 heterocycles. The fraction of sp³-hybridized carbons (Fsp3) is 0.244. The van der Waals surface area contributed by atoms with Gasteiger partial charge in [-0.05, 0) is 149 Å². The molecule has 53 heavy (non-hydrogen) atoms. The molecule has 6 rings (SSSR count). The number of carbonyl (C=O) groups is 1.